The molecule has 3 heterocycles. The molecule has 0 N–H and O–H groups in total. The average Bonchev–Trinajstić information content (AvgIpc) is 2.81. The predicted octanol–water partition coefficient (Wildman–Crippen LogP) is 0.427. The van der Waals surface area contributed by atoms with E-state index in [1.807, 2.05) is 9.13 Å². The van der Waals surface area contributed by atoms with Gasteiger partial charge in [0, 0.05) is 45.5 Å². The van der Waals surface area contributed by atoms with Crippen LogP contribution in [-0.4, -0.2) is 39.0 Å². The Kier molecular flexibility index (Phi) is 2.51. The molecule has 0 spiro atoms. The topological polar surface area (TPSA) is 60.1 Å². The van der Waals surface area contributed by atoms with Crippen LogP contribution in [0.4, 0.5) is 0 Å². The third-order valence-corrected chi connectivity index (χ3v) is 3.28. The second-order valence-electron chi connectivity index (χ2n) is 4.76. The maximum Gasteiger partial charge on any atom is 0.271 e. The molecule has 0 aromatic carbocycles. The molecule has 0 saturated carbocycles. The minimum absolute atomic E-state index is 0.0526. The first-order valence-electron chi connectivity index (χ1n) is 6.06. The lowest BCUT2D eigenvalue weighted by molar-refractivity contribution is 0.0816. The van der Waals surface area contributed by atoms with Gasteiger partial charge in [-0.1, -0.05) is 0 Å². The lowest BCUT2D eigenvalue weighted by atomic mass is 10.2. The van der Waals surface area contributed by atoms with Crippen molar-refractivity contribution in [1.29, 1.82) is 0 Å². The van der Waals surface area contributed by atoms with Crippen LogP contribution in [0.2, 0.25) is 0 Å². The van der Waals surface area contributed by atoms with Gasteiger partial charge >= 0.3 is 0 Å². The van der Waals surface area contributed by atoms with Crippen LogP contribution in [0.5, 0.6) is 0 Å². The summed E-state index contributed by atoms with van der Waals surface area (Å²) in [5.74, 6) is 0.597. The van der Waals surface area contributed by atoms with Crippen molar-refractivity contribution in [2.24, 2.45) is 0 Å². The van der Waals surface area contributed by atoms with Gasteiger partial charge in [0.05, 0.1) is 11.9 Å². The molecule has 19 heavy (non-hydrogen) atoms. The molecule has 0 bridgehead atoms. The molecular weight excluding hydrogens is 244 g/mol. The van der Waals surface area contributed by atoms with Crippen LogP contribution in [0.15, 0.2) is 29.3 Å². The lowest BCUT2D eigenvalue weighted by Crippen LogP contribution is -2.27. The first kappa shape index (κ1) is 11.7. The lowest BCUT2D eigenvalue weighted by Gasteiger charge is -2.22. The van der Waals surface area contributed by atoms with Crippen LogP contribution in [0.3, 0.4) is 0 Å². The summed E-state index contributed by atoms with van der Waals surface area (Å²) < 4.78 is 3.85. The Hall–Kier alpha value is -2.37. The number of hydrogen-bond donors (Lipinski definition) is 0. The molecule has 0 atom stereocenters. The van der Waals surface area contributed by atoms with Crippen LogP contribution in [0.1, 0.15) is 10.5 Å². The van der Waals surface area contributed by atoms with Crippen molar-refractivity contribution in [2.45, 2.75) is 13.1 Å². The van der Waals surface area contributed by atoms with E-state index in [1.165, 1.54) is 11.0 Å². The molecule has 6 heteroatoms. The molecule has 3 rings (SSSR count). The van der Waals surface area contributed by atoms with E-state index in [9.17, 15) is 9.59 Å². The second-order valence-corrected chi connectivity index (χ2v) is 4.76. The van der Waals surface area contributed by atoms with E-state index < -0.39 is 0 Å². The molecule has 2 aromatic heterocycles. The van der Waals surface area contributed by atoms with Crippen LogP contribution < -0.4 is 5.43 Å². The van der Waals surface area contributed by atoms with Crippen molar-refractivity contribution in [3.8, 4) is 11.5 Å². The van der Waals surface area contributed by atoms with Crippen molar-refractivity contribution in [1.82, 2.24) is 19.0 Å². The van der Waals surface area contributed by atoms with E-state index in [-0.39, 0.29) is 11.3 Å². The molecule has 1 amide bonds. The van der Waals surface area contributed by atoms with Crippen molar-refractivity contribution >= 4 is 5.91 Å². The zero-order valence-corrected chi connectivity index (χ0v) is 10.8. The van der Waals surface area contributed by atoms with Crippen molar-refractivity contribution in [3.05, 3.63) is 40.4 Å². The van der Waals surface area contributed by atoms with Crippen LogP contribution in [-0.2, 0) is 13.1 Å². The van der Waals surface area contributed by atoms with E-state index in [1.54, 1.807) is 32.6 Å². The van der Waals surface area contributed by atoms with Crippen LogP contribution in [0.25, 0.3) is 11.5 Å². The Labute approximate surface area is 109 Å². The van der Waals surface area contributed by atoms with Gasteiger partial charge in [0.2, 0.25) is 0 Å². The summed E-state index contributed by atoms with van der Waals surface area (Å²) in [5, 5.41) is 0. The van der Waals surface area contributed by atoms with Gasteiger partial charge in [-0.05, 0) is 0 Å². The summed E-state index contributed by atoms with van der Waals surface area (Å²) in [7, 11) is 3.42. The highest BCUT2D eigenvalue weighted by Crippen LogP contribution is 2.23. The summed E-state index contributed by atoms with van der Waals surface area (Å²) >= 11 is 0. The standard InChI is InChI=1S/C13H14N4O2/c1-15(2)13(19)11-8-14-12-10-7-9(18)3-4-16(10)5-6-17(11)12/h3-4,7-8H,5-6H2,1-2H3. The second kappa shape index (κ2) is 4.08. The molecule has 6 nitrogen and oxygen atoms in total. The van der Waals surface area contributed by atoms with Crippen LogP contribution in [0, 0.1) is 0 Å². The number of aromatic nitrogens is 3. The van der Waals surface area contributed by atoms with Gasteiger partial charge in [0.25, 0.3) is 5.91 Å². The predicted molar refractivity (Wildman–Crippen MR) is 69.9 cm³/mol. The Morgan fingerprint density at radius 2 is 2.16 bits per heavy atom. The molecule has 0 aliphatic carbocycles. The van der Waals surface area contributed by atoms with Crippen molar-refractivity contribution < 1.29 is 4.79 Å². The van der Waals surface area contributed by atoms with Gasteiger partial charge in [-0.2, -0.15) is 0 Å². The fourth-order valence-corrected chi connectivity index (χ4v) is 2.31. The molecule has 0 fully saturated rings. The summed E-state index contributed by atoms with van der Waals surface area (Å²) in [6.07, 6.45) is 3.34. The fourth-order valence-electron chi connectivity index (χ4n) is 2.31. The van der Waals surface area contributed by atoms with Crippen molar-refractivity contribution in [3.63, 3.8) is 0 Å². The maximum atomic E-state index is 12.1. The number of aryl methyl sites for hydroxylation is 1. The van der Waals surface area contributed by atoms with E-state index in [2.05, 4.69) is 4.98 Å². The number of hydrogen-bond acceptors (Lipinski definition) is 3. The van der Waals surface area contributed by atoms with Gasteiger partial charge in [-0.3, -0.25) is 9.59 Å². The SMILES string of the molecule is CN(C)C(=O)c1cnc2n1CCn1ccc(=O)cc1-2. The number of carbonyl (C=O) groups is 1. The van der Waals surface area contributed by atoms with Gasteiger partial charge in [-0.15, -0.1) is 0 Å². The van der Waals surface area contributed by atoms with E-state index in [0.29, 0.717) is 18.1 Å². The Bertz CT molecular complexity index is 712. The fraction of sp³-hybridized carbons (Fsp3) is 0.308. The molecule has 0 radical (unpaired) electrons. The summed E-state index contributed by atoms with van der Waals surface area (Å²) in [6.45, 7) is 1.41. The molecular formula is C13H14N4O2. The minimum Gasteiger partial charge on any atom is -0.343 e. The van der Waals surface area contributed by atoms with Gasteiger partial charge < -0.3 is 14.0 Å². The quantitative estimate of drug-likeness (QED) is 0.745. The smallest absolute Gasteiger partial charge is 0.271 e. The zero-order valence-electron chi connectivity index (χ0n) is 10.8. The van der Waals surface area contributed by atoms with Gasteiger partial charge in [-0.25, -0.2) is 4.98 Å². The number of fused-ring (bicyclic) bond motifs is 3. The molecule has 0 unspecified atom stereocenters. The molecule has 2 aromatic rings. The average molecular weight is 258 g/mol. The highest BCUT2D eigenvalue weighted by molar-refractivity contribution is 5.92. The number of imidazole rings is 1. The van der Waals surface area contributed by atoms with E-state index in [4.69, 9.17) is 0 Å². The summed E-state index contributed by atoms with van der Waals surface area (Å²) in [5.41, 5.74) is 1.27. The molecule has 98 valence electrons. The third-order valence-electron chi connectivity index (χ3n) is 3.28. The largest absolute Gasteiger partial charge is 0.343 e. The number of amides is 1. The number of pyridine rings is 1. The minimum atomic E-state index is -0.0783. The summed E-state index contributed by atoms with van der Waals surface area (Å²) in [6, 6.07) is 3.09. The highest BCUT2D eigenvalue weighted by Gasteiger charge is 2.23. The monoisotopic (exact) mass is 258 g/mol. The van der Waals surface area contributed by atoms with Crippen molar-refractivity contribution in [2.75, 3.05) is 14.1 Å². The first-order valence-corrected chi connectivity index (χ1v) is 6.06. The van der Waals surface area contributed by atoms with Crippen LogP contribution >= 0.6 is 0 Å². The van der Waals surface area contributed by atoms with Gasteiger partial charge in [0.15, 0.2) is 11.3 Å². The third kappa shape index (κ3) is 1.76. The van der Waals surface area contributed by atoms with Gasteiger partial charge in [0.1, 0.15) is 5.69 Å². The number of nitrogens with zero attached hydrogens (tertiary/aromatic N) is 4. The molecule has 1 aliphatic rings. The van der Waals surface area contributed by atoms with E-state index in [0.717, 1.165) is 12.2 Å². The maximum absolute atomic E-state index is 12.1. The first-order chi connectivity index (χ1) is 9.08. The van der Waals surface area contributed by atoms with E-state index >= 15 is 0 Å². The molecule has 0 saturated heterocycles. The Morgan fingerprint density at radius 1 is 1.37 bits per heavy atom. The normalized spacial score (nSPS) is 12.7. The number of rotatable bonds is 1. The number of carbonyl (C=O) groups excluding carboxylic acids is 1. The molecule has 1 aliphatic heterocycles. The Morgan fingerprint density at radius 3 is 2.89 bits per heavy atom. The highest BCUT2D eigenvalue weighted by atomic mass is 16.2. The zero-order chi connectivity index (χ0) is 13.6. The Balaban J connectivity index is 2.17. The summed E-state index contributed by atoms with van der Waals surface area (Å²) in [4.78, 5) is 29.4.